The van der Waals surface area contributed by atoms with Crippen molar-refractivity contribution in [2.24, 2.45) is 5.73 Å². The summed E-state index contributed by atoms with van der Waals surface area (Å²) < 4.78 is 0. The van der Waals surface area contributed by atoms with Crippen LogP contribution in [0.5, 0.6) is 0 Å². The highest BCUT2D eigenvalue weighted by Crippen LogP contribution is 2.34. The Labute approximate surface area is 125 Å². The number of benzene rings is 1. The van der Waals surface area contributed by atoms with E-state index in [1.54, 1.807) is 5.56 Å². The zero-order valence-electron chi connectivity index (χ0n) is 13.1. The third kappa shape index (κ3) is 4.34. The minimum Gasteiger partial charge on any atom is -0.327 e. The van der Waals surface area contributed by atoms with E-state index in [4.69, 9.17) is 5.73 Å². The van der Waals surface area contributed by atoms with Crippen LogP contribution in [0.1, 0.15) is 81.8 Å². The average molecular weight is 273 g/mol. The standard InChI is InChI=1S/C19H31N/c1-2-3-4-5-6-7-15-19(20)18-14-10-12-16-11-8-9-13-17(16)18/h8-9,11,13,18-19H,2-7,10,12,14-15,20H2,1H3. The van der Waals surface area contributed by atoms with Crippen LogP contribution in [0.3, 0.4) is 0 Å². The van der Waals surface area contributed by atoms with E-state index in [-0.39, 0.29) is 0 Å². The van der Waals surface area contributed by atoms with Gasteiger partial charge in [0.05, 0.1) is 0 Å². The highest BCUT2D eigenvalue weighted by Gasteiger charge is 2.24. The van der Waals surface area contributed by atoms with Gasteiger partial charge in [0, 0.05) is 6.04 Å². The Morgan fingerprint density at radius 2 is 1.85 bits per heavy atom. The number of aryl methyl sites for hydroxylation is 1. The molecule has 112 valence electrons. The summed E-state index contributed by atoms with van der Waals surface area (Å²) in [6, 6.07) is 9.30. The van der Waals surface area contributed by atoms with Gasteiger partial charge in [-0.05, 0) is 42.7 Å². The Balaban J connectivity index is 1.77. The lowest BCUT2D eigenvalue weighted by molar-refractivity contribution is 0.424. The fourth-order valence-corrected chi connectivity index (χ4v) is 3.60. The third-order valence-corrected chi connectivity index (χ3v) is 4.82. The first kappa shape index (κ1) is 15.6. The lowest BCUT2D eigenvalue weighted by Gasteiger charge is -2.30. The highest BCUT2D eigenvalue weighted by molar-refractivity contribution is 5.33. The molecule has 0 aromatic heterocycles. The maximum absolute atomic E-state index is 6.50. The molecule has 0 heterocycles. The number of hydrogen-bond acceptors (Lipinski definition) is 1. The SMILES string of the molecule is CCCCCCCCC(N)C1CCCc2ccccc21. The number of nitrogens with two attached hydrogens (primary N) is 1. The van der Waals surface area contributed by atoms with Gasteiger partial charge in [-0.15, -0.1) is 0 Å². The second-order valence-corrected chi connectivity index (χ2v) is 6.42. The molecule has 0 aliphatic heterocycles. The molecule has 0 bridgehead atoms. The molecule has 1 nitrogen and oxygen atoms in total. The van der Waals surface area contributed by atoms with Crippen molar-refractivity contribution >= 4 is 0 Å². The van der Waals surface area contributed by atoms with Crippen molar-refractivity contribution in [1.82, 2.24) is 0 Å². The molecule has 2 N–H and O–H groups in total. The van der Waals surface area contributed by atoms with Gasteiger partial charge in [0.2, 0.25) is 0 Å². The second-order valence-electron chi connectivity index (χ2n) is 6.42. The monoisotopic (exact) mass is 273 g/mol. The topological polar surface area (TPSA) is 26.0 Å². The fraction of sp³-hybridized carbons (Fsp3) is 0.684. The summed E-state index contributed by atoms with van der Waals surface area (Å²) >= 11 is 0. The average Bonchev–Trinajstić information content (AvgIpc) is 2.50. The van der Waals surface area contributed by atoms with Crippen molar-refractivity contribution in [1.29, 1.82) is 0 Å². The van der Waals surface area contributed by atoms with Crippen LogP contribution >= 0.6 is 0 Å². The van der Waals surface area contributed by atoms with Crippen LogP contribution in [0.2, 0.25) is 0 Å². The number of hydrogen-bond donors (Lipinski definition) is 1. The predicted octanol–water partition coefficient (Wildman–Crippen LogP) is 5.18. The molecule has 0 saturated heterocycles. The second kappa shape index (κ2) is 8.46. The van der Waals surface area contributed by atoms with Crippen LogP contribution in [-0.4, -0.2) is 6.04 Å². The quantitative estimate of drug-likeness (QED) is 0.648. The van der Waals surface area contributed by atoms with Crippen molar-refractivity contribution in [2.75, 3.05) is 0 Å². The Bertz CT molecular complexity index is 385. The Morgan fingerprint density at radius 1 is 1.10 bits per heavy atom. The molecule has 1 heteroatoms. The van der Waals surface area contributed by atoms with Crippen molar-refractivity contribution in [3.05, 3.63) is 35.4 Å². The summed E-state index contributed by atoms with van der Waals surface area (Å²) in [5.41, 5.74) is 9.59. The molecule has 0 fully saturated rings. The summed E-state index contributed by atoms with van der Waals surface area (Å²) in [5, 5.41) is 0. The van der Waals surface area contributed by atoms with Crippen LogP contribution in [0.4, 0.5) is 0 Å². The molecular formula is C19H31N. The van der Waals surface area contributed by atoms with Crippen molar-refractivity contribution < 1.29 is 0 Å². The van der Waals surface area contributed by atoms with Crippen LogP contribution in [0.25, 0.3) is 0 Å². The molecule has 0 radical (unpaired) electrons. The lowest BCUT2D eigenvalue weighted by atomic mass is 9.78. The van der Waals surface area contributed by atoms with Gasteiger partial charge in [-0.2, -0.15) is 0 Å². The van der Waals surface area contributed by atoms with Crippen LogP contribution in [-0.2, 0) is 6.42 Å². The van der Waals surface area contributed by atoms with E-state index in [2.05, 4.69) is 31.2 Å². The smallest absolute Gasteiger partial charge is 0.0108 e. The Kier molecular flexibility index (Phi) is 6.59. The van der Waals surface area contributed by atoms with E-state index >= 15 is 0 Å². The zero-order valence-corrected chi connectivity index (χ0v) is 13.1. The minimum absolute atomic E-state index is 0.364. The molecule has 0 spiro atoms. The van der Waals surface area contributed by atoms with Crippen LogP contribution in [0.15, 0.2) is 24.3 Å². The molecule has 1 aliphatic carbocycles. The summed E-state index contributed by atoms with van der Waals surface area (Å²) in [4.78, 5) is 0. The number of rotatable bonds is 8. The van der Waals surface area contributed by atoms with E-state index in [1.807, 2.05) is 0 Å². The summed E-state index contributed by atoms with van der Waals surface area (Å²) in [6.45, 7) is 2.27. The molecule has 0 saturated carbocycles. The van der Waals surface area contributed by atoms with Gasteiger partial charge in [0.15, 0.2) is 0 Å². The molecule has 0 amide bonds. The third-order valence-electron chi connectivity index (χ3n) is 4.82. The predicted molar refractivity (Wildman–Crippen MR) is 88.1 cm³/mol. The van der Waals surface area contributed by atoms with Crippen LogP contribution < -0.4 is 5.73 Å². The van der Waals surface area contributed by atoms with Gasteiger partial charge in [-0.1, -0.05) is 69.7 Å². The molecule has 1 aliphatic rings. The van der Waals surface area contributed by atoms with Gasteiger partial charge in [-0.25, -0.2) is 0 Å². The van der Waals surface area contributed by atoms with E-state index in [9.17, 15) is 0 Å². The van der Waals surface area contributed by atoms with Crippen molar-refractivity contribution in [3.8, 4) is 0 Å². The Hall–Kier alpha value is -0.820. The van der Waals surface area contributed by atoms with Crippen molar-refractivity contribution in [2.45, 2.75) is 83.1 Å². The van der Waals surface area contributed by atoms with Gasteiger partial charge in [-0.3, -0.25) is 0 Å². The molecule has 2 atom stereocenters. The van der Waals surface area contributed by atoms with E-state index in [0.29, 0.717) is 12.0 Å². The van der Waals surface area contributed by atoms with E-state index in [1.165, 1.54) is 69.8 Å². The van der Waals surface area contributed by atoms with Crippen LogP contribution in [0, 0.1) is 0 Å². The molecule has 2 unspecified atom stereocenters. The lowest BCUT2D eigenvalue weighted by Crippen LogP contribution is -2.30. The highest BCUT2D eigenvalue weighted by atomic mass is 14.7. The van der Waals surface area contributed by atoms with Gasteiger partial charge in [0.1, 0.15) is 0 Å². The minimum atomic E-state index is 0.364. The number of fused-ring (bicyclic) bond motifs is 1. The van der Waals surface area contributed by atoms with Gasteiger partial charge >= 0.3 is 0 Å². The van der Waals surface area contributed by atoms with E-state index < -0.39 is 0 Å². The first-order chi connectivity index (χ1) is 9.83. The van der Waals surface area contributed by atoms with Gasteiger partial charge < -0.3 is 5.73 Å². The first-order valence-electron chi connectivity index (χ1n) is 8.66. The summed E-state index contributed by atoms with van der Waals surface area (Å²) in [5.74, 6) is 0.607. The van der Waals surface area contributed by atoms with Crippen molar-refractivity contribution in [3.63, 3.8) is 0 Å². The fourth-order valence-electron chi connectivity index (χ4n) is 3.60. The molecule has 20 heavy (non-hydrogen) atoms. The summed E-state index contributed by atoms with van der Waals surface area (Å²) in [6.07, 6.45) is 13.2. The maximum Gasteiger partial charge on any atom is 0.0108 e. The number of unbranched alkanes of at least 4 members (excludes halogenated alkanes) is 5. The van der Waals surface area contributed by atoms with Gasteiger partial charge in [0.25, 0.3) is 0 Å². The Morgan fingerprint density at radius 3 is 2.70 bits per heavy atom. The molecule has 1 aromatic rings. The molecule has 2 rings (SSSR count). The maximum atomic E-state index is 6.50. The van der Waals surface area contributed by atoms with E-state index in [0.717, 1.165) is 0 Å². The molecular weight excluding hydrogens is 242 g/mol. The normalized spacial score (nSPS) is 19.6. The first-order valence-corrected chi connectivity index (χ1v) is 8.66. The zero-order chi connectivity index (χ0) is 14.2. The summed E-state index contributed by atoms with van der Waals surface area (Å²) in [7, 11) is 0. The largest absolute Gasteiger partial charge is 0.327 e. The molecule has 1 aromatic carbocycles.